The quantitative estimate of drug-likeness (QED) is 0.0787. The molecule has 20 nitrogen and oxygen atoms in total. The van der Waals surface area contributed by atoms with Gasteiger partial charge in [-0.15, -0.1) is 0 Å². The Balaban J connectivity index is 1.50. The molecular formula is C33H45N9O11. The van der Waals surface area contributed by atoms with E-state index in [1.807, 2.05) is 28.4 Å². The molecule has 288 valence electrons. The maximum absolute atomic E-state index is 12.9. The van der Waals surface area contributed by atoms with Gasteiger partial charge < -0.3 is 41.7 Å². The van der Waals surface area contributed by atoms with Crippen molar-refractivity contribution in [3.63, 3.8) is 0 Å². The van der Waals surface area contributed by atoms with Gasteiger partial charge in [-0.1, -0.05) is 12.1 Å². The fourth-order valence-corrected chi connectivity index (χ4v) is 5.30. The molecule has 2 aromatic rings. The van der Waals surface area contributed by atoms with E-state index in [1.54, 1.807) is 18.3 Å². The van der Waals surface area contributed by atoms with Crippen molar-refractivity contribution in [2.45, 2.75) is 50.9 Å². The minimum atomic E-state index is -1.57. The van der Waals surface area contributed by atoms with Gasteiger partial charge in [-0.25, -0.2) is 24.2 Å². The monoisotopic (exact) mass is 743 g/mol. The Morgan fingerprint density at radius 3 is 1.75 bits per heavy atom. The first-order valence-electron chi connectivity index (χ1n) is 16.8. The summed E-state index contributed by atoms with van der Waals surface area (Å²) in [4.78, 5) is 97.6. The third kappa shape index (κ3) is 16.0. The minimum Gasteiger partial charge on any atom is -0.481 e. The molecule has 0 spiro atoms. The van der Waals surface area contributed by atoms with E-state index in [-0.39, 0.29) is 37.7 Å². The summed E-state index contributed by atoms with van der Waals surface area (Å²) in [5.74, 6) is -6.36. The molecule has 3 rings (SSSR count). The van der Waals surface area contributed by atoms with Crippen molar-refractivity contribution in [3.05, 3.63) is 59.7 Å². The fraction of sp³-hybridized carbons (Fsp3) is 0.485. The van der Waals surface area contributed by atoms with Crippen LogP contribution in [0.5, 0.6) is 0 Å². The third-order valence-corrected chi connectivity index (χ3v) is 8.17. The zero-order valence-corrected chi connectivity index (χ0v) is 29.0. The maximum atomic E-state index is 12.9. The topological polar surface area (TPSA) is 284 Å². The summed E-state index contributed by atoms with van der Waals surface area (Å²) >= 11 is 0. The first kappa shape index (κ1) is 41.7. The van der Waals surface area contributed by atoms with Crippen molar-refractivity contribution in [1.29, 1.82) is 0 Å². The van der Waals surface area contributed by atoms with Crippen LogP contribution in [0.2, 0.25) is 0 Å². The van der Waals surface area contributed by atoms with Crippen LogP contribution in [0.1, 0.15) is 47.6 Å². The standard InChI is InChI=1S/C33H45N9O11/c43-27(9-7-25(31(49)50)38-33(53)39-26(32(51)52)8-10-29(45)46)35-21-36-28(44)20-42-16-14-40(18-22-4-1-2-11-34-22)12-13-41(15-17-42)19-23-5-3-6-24(37-23)30(47)48/h1-6,11,25-26H,7-10,12-21H2,(H,35,43)(H,36,44)(H,45,46)(H,47,48)(H,49,50)(H,51,52)(H2,38,39,53)/t25-,26-/m0/s1. The van der Waals surface area contributed by atoms with Crippen LogP contribution in [-0.2, 0) is 37.1 Å². The molecule has 0 bridgehead atoms. The fourth-order valence-electron chi connectivity index (χ4n) is 5.30. The zero-order chi connectivity index (χ0) is 38.8. The molecule has 0 saturated carbocycles. The summed E-state index contributed by atoms with van der Waals surface area (Å²) in [5, 5.41) is 45.9. The summed E-state index contributed by atoms with van der Waals surface area (Å²) in [5.41, 5.74) is 1.45. The molecule has 0 aliphatic carbocycles. The van der Waals surface area contributed by atoms with Crippen LogP contribution in [0.25, 0.3) is 0 Å². The number of carbonyl (C=O) groups excluding carboxylic acids is 3. The first-order chi connectivity index (χ1) is 25.3. The Labute approximate surface area is 304 Å². The first-order valence-corrected chi connectivity index (χ1v) is 16.8. The second-order valence-corrected chi connectivity index (χ2v) is 12.2. The molecule has 8 N–H and O–H groups in total. The van der Waals surface area contributed by atoms with Gasteiger partial charge in [0.25, 0.3) is 0 Å². The van der Waals surface area contributed by atoms with Gasteiger partial charge in [0.2, 0.25) is 11.8 Å². The van der Waals surface area contributed by atoms with Gasteiger partial charge in [0, 0.05) is 71.4 Å². The van der Waals surface area contributed by atoms with Crippen molar-refractivity contribution in [2.75, 3.05) is 52.5 Å². The largest absolute Gasteiger partial charge is 0.481 e. The normalized spacial score (nSPS) is 15.4. The van der Waals surface area contributed by atoms with Crippen LogP contribution >= 0.6 is 0 Å². The van der Waals surface area contributed by atoms with E-state index in [0.717, 1.165) is 5.69 Å². The smallest absolute Gasteiger partial charge is 0.354 e. The summed E-state index contributed by atoms with van der Waals surface area (Å²) < 4.78 is 0. The number of hydrogen-bond donors (Lipinski definition) is 8. The number of carbonyl (C=O) groups is 7. The lowest BCUT2D eigenvalue weighted by Crippen LogP contribution is -2.51. The van der Waals surface area contributed by atoms with Gasteiger partial charge in [-0.05, 0) is 37.1 Å². The number of aromatic carboxylic acids is 1. The highest BCUT2D eigenvalue weighted by Crippen LogP contribution is 2.09. The van der Waals surface area contributed by atoms with Crippen LogP contribution in [0.4, 0.5) is 4.79 Å². The van der Waals surface area contributed by atoms with Crippen molar-refractivity contribution >= 4 is 41.7 Å². The molecule has 1 saturated heterocycles. The lowest BCUT2D eigenvalue weighted by Gasteiger charge is -2.25. The molecule has 1 fully saturated rings. The van der Waals surface area contributed by atoms with Crippen LogP contribution in [0.15, 0.2) is 42.6 Å². The number of carboxylic acid groups (broad SMARTS) is 4. The molecular weight excluding hydrogens is 698 g/mol. The number of urea groups is 1. The Hall–Kier alpha value is -5.73. The predicted molar refractivity (Wildman–Crippen MR) is 184 cm³/mol. The van der Waals surface area contributed by atoms with E-state index in [0.29, 0.717) is 58.1 Å². The number of nitrogens with zero attached hydrogens (tertiary/aromatic N) is 5. The van der Waals surface area contributed by atoms with Gasteiger partial charge in [0.15, 0.2) is 0 Å². The predicted octanol–water partition coefficient (Wildman–Crippen LogP) is -1.16. The van der Waals surface area contributed by atoms with E-state index < -0.39 is 60.7 Å². The Kier molecular flexibility index (Phi) is 17.0. The molecule has 1 aliphatic rings. The molecule has 20 heteroatoms. The van der Waals surface area contributed by atoms with Gasteiger partial charge in [0.1, 0.15) is 17.8 Å². The number of nitrogens with one attached hydrogen (secondary N) is 4. The van der Waals surface area contributed by atoms with Crippen LogP contribution in [-0.4, -0.2) is 151 Å². The summed E-state index contributed by atoms with van der Waals surface area (Å²) in [6.07, 6.45) is 0.0515. The molecule has 0 radical (unpaired) electrons. The van der Waals surface area contributed by atoms with Crippen molar-refractivity contribution < 1.29 is 54.0 Å². The lowest BCUT2D eigenvalue weighted by atomic mass is 10.1. The third-order valence-electron chi connectivity index (χ3n) is 8.17. The SMILES string of the molecule is O=C(O)CC[C@H](NC(=O)N[C@@H](CCC(=O)NCNC(=O)CN1CCN(Cc2ccccn2)CCN(Cc2cccc(C(=O)O)n2)CC1)C(=O)O)C(=O)O. The summed E-state index contributed by atoms with van der Waals surface area (Å²) in [6, 6.07) is 6.25. The molecule has 2 atom stereocenters. The highest BCUT2D eigenvalue weighted by atomic mass is 16.4. The van der Waals surface area contributed by atoms with E-state index in [4.69, 9.17) is 5.11 Å². The number of aromatic nitrogens is 2. The minimum absolute atomic E-state index is 0.0117. The van der Waals surface area contributed by atoms with Gasteiger partial charge in [-0.2, -0.15) is 0 Å². The number of amides is 4. The number of rotatable bonds is 19. The Morgan fingerprint density at radius 1 is 0.660 bits per heavy atom. The van der Waals surface area contributed by atoms with Gasteiger partial charge in [-0.3, -0.25) is 34.1 Å². The molecule has 2 aromatic heterocycles. The number of aliphatic carboxylic acids is 3. The Morgan fingerprint density at radius 2 is 1.21 bits per heavy atom. The van der Waals surface area contributed by atoms with E-state index in [1.165, 1.54) is 6.07 Å². The summed E-state index contributed by atoms with van der Waals surface area (Å²) in [7, 11) is 0. The van der Waals surface area contributed by atoms with Crippen molar-refractivity contribution in [2.24, 2.45) is 0 Å². The molecule has 0 aromatic carbocycles. The average molecular weight is 744 g/mol. The van der Waals surface area contributed by atoms with Crippen LogP contribution in [0, 0.1) is 0 Å². The highest BCUT2D eigenvalue weighted by molar-refractivity contribution is 5.87. The zero-order valence-electron chi connectivity index (χ0n) is 29.0. The molecule has 0 unspecified atom stereocenters. The highest BCUT2D eigenvalue weighted by Gasteiger charge is 2.26. The molecule has 1 aliphatic heterocycles. The van der Waals surface area contributed by atoms with Gasteiger partial charge in [0.05, 0.1) is 24.6 Å². The maximum Gasteiger partial charge on any atom is 0.354 e. The second kappa shape index (κ2) is 21.6. The van der Waals surface area contributed by atoms with E-state index in [9.17, 15) is 48.9 Å². The number of hydrogen-bond acceptors (Lipinski definition) is 12. The van der Waals surface area contributed by atoms with E-state index in [2.05, 4.69) is 35.7 Å². The molecule has 3 heterocycles. The lowest BCUT2D eigenvalue weighted by molar-refractivity contribution is -0.141. The van der Waals surface area contributed by atoms with Gasteiger partial charge >= 0.3 is 29.9 Å². The number of pyridine rings is 2. The Bertz CT molecular complexity index is 1580. The van der Waals surface area contributed by atoms with Crippen molar-refractivity contribution in [1.82, 2.24) is 45.9 Å². The second-order valence-electron chi connectivity index (χ2n) is 12.2. The van der Waals surface area contributed by atoms with Crippen molar-refractivity contribution in [3.8, 4) is 0 Å². The average Bonchev–Trinajstić information content (AvgIpc) is 3.19. The van der Waals surface area contributed by atoms with Crippen LogP contribution in [0.3, 0.4) is 0 Å². The number of carboxylic acids is 4. The summed E-state index contributed by atoms with van der Waals surface area (Å²) in [6.45, 7) is 4.39. The molecule has 4 amide bonds. The molecule has 53 heavy (non-hydrogen) atoms. The van der Waals surface area contributed by atoms with Crippen LogP contribution < -0.4 is 21.3 Å². The van der Waals surface area contributed by atoms with E-state index >= 15 is 0 Å².